The number of allylic oxidation sites excluding steroid dienone is 1. The lowest BCUT2D eigenvalue weighted by Gasteiger charge is -2.05. The van der Waals surface area contributed by atoms with Crippen LogP contribution in [0.2, 0.25) is 0 Å². The Labute approximate surface area is 389 Å². The van der Waals surface area contributed by atoms with Gasteiger partial charge < -0.3 is 56.2 Å². The van der Waals surface area contributed by atoms with E-state index in [4.69, 9.17) is 20.1 Å². The van der Waals surface area contributed by atoms with E-state index in [1.165, 1.54) is 11.6 Å². The van der Waals surface area contributed by atoms with Crippen LogP contribution in [0, 0.1) is 18.8 Å². The van der Waals surface area contributed by atoms with Crippen LogP contribution in [0.1, 0.15) is 74.4 Å². The summed E-state index contributed by atoms with van der Waals surface area (Å²) in [6, 6.07) is 37.1. The van der Waals surface area contributed by atoms with E-state index in [-0.39, 0.29) is 41.1 Å². The number of phenolic OH excluding ortho intramolecular Hbond substituents is 6. The average Bonchev–Trinajstić information content (AvgIpc) is 3.27. The van der Waals surface area contributed by atoms with Crippen LogP contribution in [0.15, 0.2) is 146 Å². The summed E-state index contributed by atoms with van der Waals surface area (Å²) in [5, 5.41) is 73.7. The number of hydrogen-bond donors (Lipinski definition) is 8. The van der Waals surface area contributed by atoms with Crippen LogP contribution in [0.4, 0.5) is 0 Å². The number of rotatable bonds is 9. The maximum atomic E-state index is 10.0. The van der Waals surface area contributed by atoms with E-state index >= 15 is 0 Å². The molecule has 66 heavy (non-hydrogen) atoms. The third-order valence-corrected chi connectivity index (χ3v) is 7.69. The van der Waals surface area contributed by atoms with Crippen molar-refractivity contribution in [3.05, 3.63) is 179 Å². The summed E-state index contributed by atoms with van der Waals surface area (Å²) in [7, 11) is 0. The number of aliphatic carboxylic acids is 1. The summed E-state index contributed by atoms with van der Waals surface area (Å²) in [5.74, 6) is 0.358. The Morgan fingerprint density at radius 1 is 0.606 bits per heavy atom. The number of aliphatic hydroxyl groups is 1. The number of aryl methyl sites for hydroxylation is 1. The van der Waals surface area contributed by atoms with Crippen LogP contribution in [0.5, 0.6) is 34.5 Å². The number of hydrogen-bond acceptors (Lipinski definition) is 11. The van der Waals surface area contributed by atoms with Crippen molar-refractivity contribution < 1.29 is 56.2 Å². The van der Waals surface area contributed by atoms with E-state index < -0.39 is 5.97 Å². The quantitative estimate of drug-likeness (QED) is 0.0503. The fourth-order valence-electron chi connectivity index (χ4n) is 4.51. The number of aldehydes is 1. The Morgan fingerprint density at radius 2 is 1.00 bits per heavy atom. The number of aliphatic hydroxyl groups excluding tert-OH is 1. The molecule has 0 aliphatic carbocycles. The summed E-state index contributed by atoms with van der Waals surface area (Å²) in [6.07, 6.45) is 16.0. The molecule has 352 valence electrons. The summed E-state index contributed by atoms with van der Waals surface area (Å²) in [4.78, 5) is 22.3. The molecular formula is C54H66N2O10. The molecule has 0 atom stereocenters. The molecular weight excluding hydrogens is 837 g/mol. The summed E-state index contributed by atoms with van der Waals surface area (Å²) >= 11 is 0. The first-order valence-corrected chi connectivity index (χ1v) is 21.0. The van der Waals surface area contributed by atoms with Gasteiger partial charge in [-0.3, -0.25) is 4.98 Å². The molecule has 12 nitrogen and oxygen atoms in total. The van der Waals surface area contributed by atoms with E-state index in [1.807, 2.05) is 82.3 Å². The van der Waals surface area contributed by atoms with Gasteiger partial charge in [0.25, 0.3) is 0 Å². The molecule has 0 spiro atoms. The lowest BCUT2D eigenvalue weighted by molar-refractivity contribution is -0.372. The smallest absolute Gasteiger partial charge is 0.127 e. The molecule has 0 aliphatic rings. The van der Waals surface area contributed by atoms with Crippen molar-refractivity contribution >= 4 is 42.6 Å². The second kappa shape index (κ2) is 35.8. The van der Waals surface area contributed by atoms with Gasteiger partial charge in [0.1, 0.15) is 40.8 Å². The van der Waals surface area contributed by atoms with Crippen molar-refractivity contribution in [2.75, 3.05) is 13.2 Å². The molecule has 5 aromatic carbocycles. The fourth-order valence-corrected chi connectivity index (χ4v) is 4.51. The lowest BCUT2D eigenvalue weighted by atomic mass is 10.1. The predicted molar refractivity (Wildman–Crippen MR) is 264 cm³/mol. The molecule has 6 aromatic rings. The molecule has 0 saturated carbocycles. The Bertz CT molecular complexity index is 2200. The number of carbonyl (C=O) groups excluding carboxylic acids is 2. The van der Waals surface area contributed by atoms with Crippen molar-refractivity contribution in [1.82, 2.24) is 4.98 Å². The van der Waals surface area contributed by atoms with Crippen molar-refractivity contribution in [3.63, 3.8) is 0 Å². The molecule has 0 saturated heterocycles. The first-order chi connectivity index (χ1) is 31.4. The summed E-state index contributed by atoms with van der Waals surface area (Å²) in [6.45, 7) is 12.0. The van der Waals surface area contributed by atoms with Crippen molar-refractivity contribution in [1.29, 1.82) is 0 Å². The Balaban J connectivity index is 0.000000838. The molecule has 0 bridgehead atoms. The lowest BCUT2D eigenvalue weighted by Crippen LogP contribution is -2.51. The van der Waals surface area contributed by atoms with E-state index in [2.05, 4.69) is 29.8 Å². The van der Waals surface area contributed by atoms with E-state index in [0.717, 1.165) is 24.3 Å². The number of carboxylic acids is 1. The number of aromatic hydroxyl groups is 6. The van der Waals surface area contributed by atoms with Crippen LogP contribution >= 0.6 is 0 Å². The van der Waals surface area contributed by atoms with Crippen LogP contribution in [-0.4, -0.2) is 66.1 Å². The van der Waals surface area contributed by atoms with Gasteiger partial charge in [-0.2, -0.15) is 0 Å². The highest BCUT2D eigenvalue weighted by molar-refractivity contribution is 5.75. The van der Waals surface area contributed by atoms with E-state index in [0.29, 0.717) is 41.5 Å². The number of benzene rings is 5. The zero-order chi connectivity index (χ0) is 49.7. The van der Waals surface area contributed by atoms with Gasteiger partial charge in [0.05, 0.1) is 18.7 Å². The normalized spacial score (nSPS) is 10.0. The third-order valence-electron chi connectivity index (χ3n) is 7.69. The highest BCUT2D eigenvalue weighted by atomic mass is 16.4. The number of nitrogens with zero attached hydrogens (tertiary/aromatic N) is 1. The molecule has 0 aliphatic heterocycles. The van der Waals surface area contributed by atoms with Gasteiger partial charge in [-0.05, 0) is 109 Å². The van der Waals surface area contributed by atoms with Gasteiger partial charge in [0.2, 0.25) is 0 Å². The largest absolute Gasteiger partial charge is 0.550 e. The van der Waals surface area contributed by atoms with Crippen LogP contribution in [0.3, 0.4) is 0 Å². The molecule has 12 heteroatoms. The number of phenols is 6. The molecule has 1 aromatic heterocycles. The minimum Gasteiger partial charge on any atom is -0.550 e. The van der Waals surface area contributed by atoms with Gasteiger partial charge in [-0.25, -0.2) is 0 Å². The van der Waals surface area contributed by atoms with Crippen LogP contribution in [-0.2, 0) is 9.59 Å². The number of aromatic nitrogens is 1. The Kier molecular flexibility index (Phi) is 31.6. The van der Waals surface area contributed by atoms with Gasteiger partial charge >= 0.3 is 0 Å². The molecule has 0 fully saturated rings. The van der Waals surface area contributed by atoms with Crippen molar-refractivity contribution in [3.8, 4) is 34.5 Å². The molecule has 0 radical (unpaired) electrons. The number of carbonyl (C=O) groups is 2. The first-order valence-electron chi connectivity index (χ1n) is 21.0. The summed E-state index contributed by atoms with van der Waals surface area (Å²) in [5.41, 5.74) is 8.34. The fraction of sp³-hybridized carbons (Fsp3) is 0.204. The minimum absolute atomic E-state index is 0.0235. The Morgan fingerprint density at radius 3 is 1.29 bits per heavy atom. The topological polar surface area (TPSA) is 239 Å². The average molecular weight is 903 g/mol. The van der Waals surface area contributed by atoms with Gasteiger partial charge in [0.15, 0.2) is 0 Å². The van der Waals surface area contributed by atoms with Crippen LogP contribution < -0.4 is 10.8 Å². The van der Waals surface area contributed by atoms with Gasteiger partial charge in [-0.1, -0.05) is 130 Å². The monoisotopic (exact) mass is 902 g/mol. The van der Waals surface area contributed by atoms with Gasteiger partial charge in [-0.15, -0.1) is 0 Å². The molecule has 0 amide bonds. The predicted octanol–water partition coefficient (Wildman–Crippen LogP) is 8.90. The number of pyridine rings is 1. The molecule has 1 heterocycles. The molecule has 10 N–H and O–H groups in total. The maximum absolute atomic E-state index is 10.0. The first kappa shape index (κ1) is 58.3. The summed E-state index contributed by atoms with van der Waals surface area (Å²) < 4.78 is 0. The second-order valence-corrected chi connectivity index (χ2v) is 14.8. The number of quaternary nitrogens is 1. The standard InChI is InChI=1S/C19H20O3.C14H12O3.C7H8.C5H5N.C5H10O.C2H7NO.C2H4O2/c1-13(2)3-10-17-18(21)11-15(12-19(17)22)5-4-14-6-8-16(20)9-7-14;15-12-5-3-10(4-6-12)1-2-11-7-13(16)9-14(17)8-11;1-7-5-3-2-4-6-7;1-2-4-6-5-3-1;1-5(2)3-4-6;3-1-2-4;1-2(3)4/h3-13,20-22H,1-2H3;1-9,15-17H;2-6H,1H3;1-5H;4-5H,3H2,1-2H3;4H,1-3H2;1H3,(H,3,4)/b5-4+,10-3+;2-1+;;;;;. The van der Waals surface area contributed by atoms with Gasteiger partial charge in [0, 0.05) is 30.9 Å². The third kappa shape index (κ3) is 32.1. The Hall–Kier alpha value is -7.67. The van der Waals surface area contributed by atoms with Crippen LogP contribution in [0.25, 0.3) is 30.4 Å². The molecule has 0 unspecified atom stereocenters. The second-order valence-electron chi connectivity index (χ2n) is 14.8. The number of carboxylic acid groups (broad SMARTS) is 1. The van der Waals surface area contributed by atoms with Crippen molar-refractivity contribution in [2.45, 2.75) is 48.0 Å². The van der Waals surface area contributed by atoms with Crippen molar-refractivity contribution in [2.24, 2.45) is 11.8 Å². The zero-order valence-electron chi connectivity index (χ0n) is 38.6. The minimum atomic E-state index is -1.08. The van der Waals surface area contributed by atoms with E-state index in [9.17, 15) is 30.3 Å². The zero-order valence-corrected chi connectivity index (χ0v) is 38.6. The molecule has 6 rings (SSSR count). The highest BCUT2D eigenvalue weighted by Crippen LogP contribution is 2.31. The SMILES string of the molecule is CC(=O)[O-].CC(C)/C=C/c1c(O)cc(/C=C/c2ccc(O)cc2)cc1O.CC(C)CC=O.Cc1ccccc1.Oc1ccc(/C=C/c2cc(O)cc(O)c2)cc1.[NH3+]CCO.c1ccncc1. The maximum Gasteiger partial charge on any atom is 0.127 e. The van der Waals surface area contributed by atoms with E-state index in [1.54, 1.807) is 103 Å². The highest BCUT2D eigenvalue weighted by Gasteiger charge is 2.06.